The van der Waals surface area contributed by atoms with Crippen LogP contribution in [0.2, 0.25) is 0 Å². The summed E-state index contributed by atoms with van der Waals surface area (Å²) in [7, 11) is 0. The molecule has 1 aliphatic heterocycles. The highest BCUT2D eigenvalue weighted by molar-refractivity contribution is 6.02. The lowest BCUT2D eigenvalue weighted by Gasteiger charge is -2.21. The fourth-order valence-electron chi connectivity index (χ4n) is 4.23. The van der Waals surface area contributed by atoms with Crippen LogP contribution in [-0.2, 0) is 20.8 Å². The van der Waals surface area contributed by atoms with Gasteiger partial charge in [0.1, 0.15) is 47.3 Å². The van der Waals surface area contributed by atoms with Gasteiger partial charge in [-0.25, -0.2) is 24.4 Å². The van der Waals surface area contributed by atoms with Crippen LogP contribution in [0.1, 0.15) is 38.3 Å². The third-order valence-electron chi connectivity index (χ3n) is 6.15. The molecule has 0 aliphatic carbocycles. The molecule has 216 valence electrons. The van der Waals surface area contributed by atoms with Crippen LogP contribution in [-0.4, -0.2) is 87.2 Å². The van der Waals surface area contributed by atoms with Gasteiger partial charge in [0.25, 0.3) is 0 Å². The lowest BCUT2D eigenvalue weighted by atomic mass is 10.1. The molecule has 1 saturated heterocycles. The minimum absolute atomic E-state index is 0.0168. The molecular formula is C25H30N10O6. The number of aliphatic hydroxyl groups is 2. The van der Waals surface area contributed by atoms with Crippen LogP contribution in [0, 0.1) is 0 Å². The number of ether oxygens (including phenoxy) is 3. The summed E-state index contributed by atoms with van der Waals surface area (Å²) in [6, 6.07) is 6.85. The second kappa shape index (κ2) is 11.2. The van der Waals surface area contributed by atoms with E-state index in [-0.39, 0.29) is 18.3 Å². The van der Waals surface area contributed by atoms with E-state index in [1.165, 1.54) is 17.3 Å². The highest BCUT2D eigenvalue weighted by Gasteiger charge is 2.46. The SMILES string of the molecule is CC(C)(C)OC(=O)N=C(N)c1ccc(-n2cc(CO[C@H]3C(O)[C@@H](CO)O[C@H]3n3cnc4c(N)ncnc43)nn2)cc1. The van der Waals surface area contributed by atoms with Crippen LogP contribution >= 0.6 is 0 Å². The predicted octanol–water partition coefficient (Wildman–Crippen LogP) is 0.466. The van der Waals surface area contributed by atoms with Crippen molar-refractivity contribution in [3.05, 3.63) is 54.4 Å². The Morgan fingerprint density at radius 2 is 1.95 bits per heavy atom. The normalized spacial score (nSPS) is 21.4. The van der Waals surface area contributed by atoms with Crippen LogP contribution in [0.4, 0.5) is 10.6 Å². The number of nitrogens with zero attached hydrogens (tertiary/aromatic N) is 8. The summed E-state index contributed by atoms with van der Waals surface area (Å²) in [6.45, 7) is 4.79. The van der Waals surface area contributed by atoms with Crippen molar-refractivity contribution in [2.45, 2.75) is 57.5 Å². The first-order valence-electron chi connectivity index (χ1n) is 12.6. The van der Waals surface area contributed by atoms with Crippen molar-refractivity contribution < 1.29 is 29.2 Å². The standard InChI is InChI=1S/C25H30N10O6/c1-25(2,3)41-24(38)31-20(26)13-4-6-15(7-5-13)35-8-14(32-33-35)10-39-19-18(37)16(9-36)40-23(19)34-12-30-17-21(27)28-11-29-22(17)34/h4-8,11-12,16,18-19,23,36-37H,9-10H2,1-3H3,(H2,26,31,38)(H2,27,28,29)/t16-,18?,19+,23-/m1/s1. The molecule has 16 nitrogen and oxygen atoms in total. The van der Waals surface area contributed by atoms with Crippen molar-refractivity contribution in [2.24, 2.45) is 10.7 Å². The summed E-state index contributed by atoms with van der Waals surface area (Å²) >= 11 is 0. The number of nitrogens with two attached hydrogens (primary N) is 2. The summed E-state index contributed by atoms with van der Waals surface area (Å²) < 4.78 is 20.2. The maximum absolute atomic E-state index is 11.9. The lowest BCUT2D eigenvalue weighted by Crippen LogP contribution is -2.35. The van der Waals surface area contributed by atoms with Gasteiger partial charge in [-0.2, -0.15) is 4.99 Å². The summed E-state index contributed by atoms with van der Waals surface area (Å²) in [4.78, 5) is 28.1. The highest BCUT2D eigenvalue weighted by Crippen LogP contribution is 2.34. The van der Waals surface area contributed by atoms with E-state index in [4.69, 9.17) is 25.7 Å². The number of hydrogen-bond donors (Lipinski definition) is 4. The highest BCUT2D eigenvalue weighted by atomic mass is 16.6. The van der Waals surface area contributed by atoms with Gasteiger partial charge in [0.2, 0.25) is 0 Å². The minimum atomic E-state index is -1.14. The van der Waals surface area contributed by atoms with Gasteiger partial charge >= 0.3 is 6.09 Å². The minimum Gasteiger partial charge on any atom is -0.442 e. The molecule has 0 spiro atoms. The molecule has 16 heteroatoms. The van der Waals surface area contributed by atoms with Crippen LogP contribution in [0.5, 0.6) is 0 Å². The number of nitrogen functional groups attached to an aromatic ring is 1. The Kier molecular flexibility index (Phi) is 7.63. The van der Waals surface area contributed by atoms with E-state index >= 15 is 0 Å². The number of hydrogen-bond acceptors (Lipinski definition) is 12. The number of rotatable bonds is 7. The smallest absolute Gasteiger partial charge is 0.436 e. The molecule has 0 radical (unpaired) electrons. The first kappa shape index (κ1) is 28.0. The maximum atomic E-state index is 11.9. The zero-order valence-corrected chi connectivity index (χ0v) is 22.5. The fraction of sp³-hybridized carbons (Fsp3) is 0.400. The van der Waals surface area contributed by atoms with Gasteiger partial charge < -0.3 is 35.9 Å². The Hall–Kier alpha value is -4.51. The lowest BCUT2D eigenvalue weighted by molar-refractivity contribution is -0.0767. The van der Waals surface area contributed by atoms with Crippen LogP contribution in [0.3, 0.4) is 0 Å². The number of benzene rings is 1. The zero-order valence-electron chi connectivity index (χ0n) is 22.5. The topological polar surface area (TPSA) is 224 Å². The Labute approximate surface area is 233 Å². The number of carbonyl (C=O) groups is 1. The molecule has 4 heterocycles. The molecule has 0 bridgehead atoms. The largest absolute Gasteiger partial charge is 0.442 e. The number of aliphatic imine (C=N–C) groups is 1. The fourth-order valence-corrected chi connectivity index (χ4v) is 4.23. The molecule has 6 N–H and O–H groups in total. The molecule has 1 amide bonds. The van der Waals surface area contributed by atoms with Gasteiger partial charge in [0.15, 0.2) is 17.7 Å². The molecule has 3 aromatic heterocycles. The van der Waals surface area contributed by atoms with Gasteiger partial charge in [-0.15, -0.1) is 5.10 Å². The summed E-state index contributed by atoms with van der Waals surface area (Å²) in [6.07, 6.45) is -0.117. The van der Waals surface area contributed by atoms with Crippen molar-refractivity contribution in [3.63, 3.8) is 0 Å². The van der Waals surface area contributed by atoms with Crippen molar-refractivity contribution in [2.75, 3.05) is 12.3 Å². The number of carbonyl (C=O) groups excluding carboxylic acids is 1. The molecule has 1 fully saturated rings. The Bertz CT molecular complexity index is 1560. The van der Waals surface area contributed by atoms with E-state index in [0.717, 1.165) is 0 Å². The zero-order chi connectivity index (χ0) is 29.3. The van der Waals surface area contributed by atoms with E-state index in [1.54, 1.807) is 55.8 Å². The van der Waals surface area contributed by atoms with Crippen molar-refractivity contribution in [1.82, 2.24) is 34.5 Å². The summed E-state index contributed by atoms with van der Waals surface area (Å²) in [5.41, 5.74) is 13.6. The van der Waals surface area contributed by atoms with Crippen molar-refractivity contribution in [3.8, 4) is 5.69 Å². The second-order valence-corrected chi connectivity index (χ2v) is 10.3. The molecule has 1 aliphatic rings. The van der Waals surface area contributed by atoms with E-state index in [9.17, 15) is 15.0 Å². The molecule has 41 heavy (non-hydrogen) atoms. The number of aromatic nitrogens is 7. The quantitative estimate of drug-likeness (QED) is 0.176. The molecule has 4 aromatic rings. The third-order valence-corrected chi connectivity index (χ3v) is 6.15. The number of amidine groups is 1. The van der Waals surface area contributed by atoms with Gasteiger partial charge in [-0.3, -0.25) is 4.57 Å². The summed E-state index contributed by atoms with van der Waals surface area (Å²) in [5, 5.41) is 28.8. The van der Waals surface area contributed by atoms with E-state index in [1.807, 2.05) is 0 Å². The average Bonchev–Trinajstić information content (AvgIpc) is 3.64. The molecule has 1 aromatic carbocycles. The van der Waals surface area contributed by atoms with Crippen LogP contribution in [0.15, 0.2) is 48.1 Å². The van der Waals surface area contributed by atoms with Gasteiger partial charge in [-0.05, 0) is 45.0 Å². The predicted molar refractivity (Wildman–Crippen MR) is 144 cm³/mol. The first-order valence-corrected chi connectivity index (χ1v) is 12.6. The Morgan fingerprint density at radius 3 is 2.66 bits per heavy atom. The third kappa shape index (κ3) is 5.99. The van der Waals surface area contributed by atoms with Gasteiger partial charge in [0.05, 0.1) is 31.4 Å². The van der Waals surface area contributed by atoms with E-state index < -0.39 is 42.8 Å². The van der Waals surface area contributed by atoms with Crippen molar-refractivity contribution in [1.29, 1.82) is 0 Å². The molecule has 5 rings (SSSR count). The number of aliphatic hydroxyl groups excluding tert-OH is 2. The first-order chi connectivity index (χ1) is 19.5. The number of anilines is 1. The molecule has 0 saturated carbocycles. The molecular weight excluding hydrogens is 536 g/mol. The van der Waals surface area contributed by atoms with E-state index in [2.05, 4.69) is 30.3 Å². The second-order valence-electron chi connectivity index (χ2n) is 10.3. The number of imidazole rings is 1. The van der Waals surface area contributed by atoms with Gasteiger partial charge in [-0.1, -0.05) is 5.21 Å². The maximum Gasteiger partial charge on any atom is 0.436 e. The van der Waals surface area contributed by atoms with E-state index in [0.29, 0.717) is 28.1 Å². The number of amides is 1. The van der Waals surface area contributed by atoms with Gasteiger partial charge in [0, 0.05) is 5.56 Å². The molecule has 4 atom stereocenters. The van der Waals surface area contributed by atoms with Crippen LogP contribution < -0.4 is 11.5 Å². The van der Waals surface area contributed by atoms with Crippen molar-refractivity contribution >= 4 is 28.9 Å². The summed E-state index contributed by atoms with van der Waals surface area (Å²) in [5.74, 6) is 0.220. The Balaban J connectivity index is 1.28. The van der Waals surface area contributed by atoms with Crippen LogP contribution in [0.25, 0.3) is 16.9 Å². The molecule has 1 unspecified atom stereocenters. The average molecular weight is 567 g/mol. The monoisotopic (exact) mass is 566 g/mol. The Morgan fingerprint density at radius 1 is 1.20 bits per heavy atom. The number of fused-ring (bicyclic) bond motifs is 1.